The van der Waals surface area contributed by atoms with Gasteiger partial charge >= 0.3 is 18.3 Å². The van der Waals surface area contributed by atoms with Gasteiger partial charge in [0.1, 0.15) is 11.5 Å². The van der Waals surface area contributed by atoms with Crippen molar-refractivity contribution in [1.82, 2.24) is 0 Å². The number of aliphatic hydroxyl groups is 2. The molecule has 12 heteroatoms. The molecule has 2 aromatic carbocycles. The van der Waals surface area contributed by atoms with Crippen LogP contribution in [0.15, 0.2) is 36.4 Å². The SMILES string of the molecule is O=C(O)COc1ccc(C(F)(F)F)cc1CO.OCc1cc(C(F)(F)F)ccc1O. The highest BCUT2D eigenvalue weighted by molar-refractivity contribution is 5.68. The molecule has 0 amide bonds. The molecule has 0 saturated heterocycles. The molecule has 0 fully saturated rings. The van der Waals surface area contributed by atoms with Gasteiger partial charge < -0.3 is 25.2 Å². The van der Waals surface area contributed by atoms with Gasteiger partial charge in [-0.15, -0.1) is 0 Å². The van der Waals surface area contributed by atoms with E-state index >= 15 is 0 Å². The van der Waals surface area contributed by atoms with E-state index in [1.54, 1.807) is 0 Å². The van der Waals surface area contributed by atoms with E-state index in [1.807, 2.05) is 0 Å². The monoisotopic (exact) mass is 442 g/mol. The van der Waals surface area contributed by atoms with E-state index in [0.29, 0.717) is 0 Å². The number of carboxylic acids is 1. The predicted molar refractivity (Wildman–Crippen MR) is 89.5 cm³/mol. The summed E-state index contributed by atoms with van der Waals surface area (Å²) in [6, 6.07) is 4.85. The zero-order valence-electron chi connectivity index (χ0n) is 15.0. The summed E-state index contributed by atoms with van der Waals surface area (Å²) in [6.45, 7) is -1.97. The summed E-state index contributed by atoms with van der Waals surface area (Å²) >= 11 is 0. The number of aromatic hydroxyl groups is 1. The van der Waals surface area contributed by atoms with Crippen LogP contribution in [0, 0.1) is 0 Å². The summed E-state index contributed by atoms with van der Waals surface area (Å²) in [7, 11) is 0. The molecule has 0 radical (unpaired) electrons. The first-order chi connectivity index (χ1) is 13.8. The molecule has 0 atom stereocenters. The maximum atomic E-state index is 12.3. The normalized spacial score (nSPS) is 11.5. The van der Waals surface area contributed by atoms with Gasteiger partial charge in [-0.25, -0.2) is 4.79 Å². The van der Waals surface area contributed by atoms with E-state index in [2.05, 4.69) is 0 Å². The largest absolute Gasteiger partial charge is 0.508 e. The molecule has 30 heavy (non-hydrogen) atoms. The van der Waals surface area contributed by atoms with Crippen LogP contribution in [0.4, 0.5) is 26.3 Å². The summed E-state index contributed by atoms with van der Waals surface area (Å²) in [5, 5.41) is 34.8. The molecule has 6 nitrogen and oxygen atoms in total. The average Bonchev–Trinajstić information content (AvgIpc) is 2.65. The Balaban J connectivity index is 0.000000311. The van der Waals surface area contributed by atoms with Gasteiger partial charge in [0, 0.05) is 11.1 Å². The van der Waals surface area contributed by atoms with Crippen LogP contribution < -0.4 is 4.74 Å². The van der Waals surface area contributed by atoms with Crippen molar-refractivity contribution in [3.8, 4) is 11.5 Å². The van der Waals surface area contributed by atoms with Crippen LogP contribution >= 0.6 is 0 Å². The fourth-order valence-corrected chi connectivity index (χ4v) is 2.05. The Labute approximate surface area is 165 Å². The zero-order valence-corrected chi connectivity index (χ0v) is 15.0. The molecule has 0 saturated carbocycles. The third kappa shape index (κ3) is 7.44. The molecule has 166 valence electrons. The van der Waals surface area contributed by atoms with Gasteiger partial charge in [-0.3, -0.25) is 0 Å². The lowest BCUT2D eigenvalue weighted by atomic mass is 10.1. The smallest absolute Gasteiger partial charge is 0.416 e. The molecule has 0 spiro atoms. The number of rotatable bonds is 5. The molecule has 0 heterocycles. The van der Waals surface area contributed by atoms with Crippen molar-refractivity contribution in [3.63, 3.8) is 0 Å². The zero-order chi connectivity index (χ0) is 23.1. The number of hydrogen-bond acceptors (Lipinski definition) is 5. The highest BCUT2D eigenvalue weighted by Crippen LogP contribution is 2.33. The molecule has 0 aliphatic carbocycles. The van der Waals surface area contributed by atoms with Crippen LogP contribution in [0.25, 0.3) is 0 Å². The van der Waals surface area contributed by atoms with Gasteiger partial charge in [-0.1, -0.05) is 0 Å². The predicted octanol–water partition coefficient (Wildman–Crippen LogP) is 3.56. The van der Waals surface area contributed by atoms with Crippen molar-refractivity contribution in [3.05, 3.63) is 58.7 Å². The first kappa shape index (κ1) is 25.0. The van der Waals surface area contributed by atoms with Crippen LogP contribution in [0.2, 0.25) is 0 Å². The fourth-order valence-electron chi connectivity index (χ4n) is 2.05. The summed E-state index contributed by atoms with van der Waals surface area (Å²) in [5.74, 6) is -1.67. The summed E-state index contributed by atoms with van der Waals surface area (Å²) in [4.78, 5) is 10.2. The third-order valence-corrected chi connectivity index (χ3v) is 3.49. The number of benzene rings is 2. The van der Waals surface area contributed by atoms with Crippen molar-refractivity contribution in [1.29, 1.82) is 0 Å². The van der Waals surface area contributed by atoms with Gasteiger partial charge in [0.25, 0.3) is 0 Å². The standard InChI is InChI=1S/C10H9F3O4.C8H7F3O2/c11-10(12,13)7-1-2-8(6(3-7)4-14)17-5-9(15)16;9-8(10,11)6-1-2-7(13)5(3-6)4-12/h1-3,14H,4-5H2,(H,15,16);1-3,12-13H,4H2. The highest BCUT2D eigenvalue weighted by Gasteiger charge is 2.31. The molecule has 0 aromatic heterocycles. The Kier molecular flexibility index (Phi) is 8.49. The van der Waals surface area contributed by atoms with Crippen molar-refractivity contribution >= 4 is 5.97 Å². The number of aliphatic hydroxyl groups excluding tert-OH is 2. The van der Waals surface area contributed by atoms with Crippen molar-refractivity contribution in [2.45, 2.75) is 25.6 Å². The second-order valence-electron chi connectivity index (χ2n) is 5.66. The van der Waals surface area contributed by atoms with Gasteiger partial charge in [0.2, 0.25) is 0 Å². The van der Waals surface area contributed by atoms with Crippen molar-refractivity contribution < 1.29 is 56.3 Å². The fraction of sp³-hybridized carbons (Fsp3) is 0.278. The van der Waals surface area contributed by atoms with Crippen LogP contribution in [-0.2, 0) is 30.4 Å². The van der Waals surface area contributed by atoms with E-state index in [9.17, 15) is 31.1 Å². The summed E-state index contributed by atoms with van der Waals surface area (Å²) < 4.78 is 77.9. The Morgan fingerprint density at radius 3 is 1.73 bits per heavy atom. The maximum absolute atomic E-state index is 12.3. The first-order valence-electron chi connectivity index (χ1n) is 7.95. The van der Waals surface area contributed by atoms with Crippen LogP contribution in [0.5, 0.6) is 11.5 Å². The molecule has 2 rings (SSSR count). The second kappa shape index (κ2) is 10.2. The van der Waals surface area contributed by atoms with Gasteiger partial charge in [0.15, 0.2) is 6.61 Å². The molecule has 2 aromatic rings. The van der Waals surface area contributed by atoms with E-state index in [0.717, 1.165) is 36.4 Å². The molecule has 0 bridgehead atoms. The number of ether oxygens (including phenoxy) is 1. The van der Waals surface area contributed by atoms with Crippen LogP contribution in [0.3, 0.4) is 0 Å². The minimum absolute atomic E-state index is 0.0806. The Morgan fingerprint density at radius 2 is 1.30 bits per heavy atom. The number of phenols is 1. The van der Waals surface area contributed by atoms with Crippen LogP contribution in [0.1, 0.15) is 22.3 Å². The van der Waals surface area contributed by atoms with Gasteiger partial charge in [-0.05, 0) is 36.4 Å². The van der Waals surface area contributed by atoms with Crippen molar-refractivity contribution in [2.24, 2.45) is 0 Å². The maximum Gasteiger partial charge on any atom is 0.416 e. The van der Waals surface area contributed by atoms with Gasteiger partial charge in [-0.2, -0.15) is 26.3 Å². The highest BCUT2D eigenvalue weighted by atomic mass is 19.4. The van der Waals surface area contributed by atoms with Crippen LogP contribution in [-0.4, -0.2) is 33.0 Å². The van der Waals surface area contributed by atoms with E-state index in [4.69, 9.17) is 25.2 Å². The van der Waals surface area contributed by atoms with Crippen molar-refractivity contribution in [2.75, 3.05) is 6.61 Å². The molecular weight excluding hydrogens is 426 g/mol. The number of hydrogen-bond donors (Lipinski definition) is 4. The van der Waals surface area contributed by atoms with Gasteiger partial charge in [0.05, 0.1) is 24.3 Å². The number of carboxylic acid groups (broad SMARTS) is 1. The first-order valence-corrected chi connectivity index (χ1v) is 7.95. The number of aliphatic carboxylic acids is 1. The van der Waals surface area contributed by atoms with E-state index in [1.165, 1.54) is 0 Å². The molecule has 0 aliphatic heterocycles. The molecule has 4 N–H and O–H groups in total. The topological polar surface area (TPSA) is 107 Å². The van der Waals surface area contributed by atoms with E-state index < -0.39 is 49.3 Å². The Morgan fingerprint density at radius 1 is 0.833 bits per heavy atom. The lowest BCUT2D eigenvalue weighted by Crippen LogP contribution is -2.12. The Hall–Kier alpha value is -2.99. The molecular formula is C18H16F6O6. The average molecular weight is 442 g/mol. The third-order valence-electron chi connectivity index (χ3n) is 3.49. The minimum Gasteiger partial charge on any atom is -0.508 e. The number of carbonyl (C=O) groups is 1. The Bertz CT molecular complexity index is 863. The second-order valence-corrected chi connectivity index (χ2v) is 5.66. The molecule has 0 unspecified atom stereocenters. The lowest BCUT2D eigenvalue weighted by molar-refractivity contribution is -0.140. The van der Waals surface area contributed by atoms with E-state index in [-0.39, 0.29) is 22.6 Å². The lowest BCUT2D eigenvalue weighted by Gasteiger charge is -2.12. The summed E-state index contributed by atoms with van der Waals surface area (Å²) in [6.07, 6.45) is -8.97. The molecule has 0 aliphatic rings. The number of halogens is 6. The quantitative estimate of drug-likeness (QED) is 0.528. The number of alkyl halides is 6. The summed E-state index contributed by atoms with van der Waals surface area (Å²) in [5.41, 5.74) is -2.05. The minimum atomic E-state index is -4.52.